The van der Waals surface area contributed by atoms with Gasteiger partial charge < -0.3 is 11.5 Å². The van der Waals surface area contributed by atoms with Gasteiger partial charge in [-0.05, 0) is 0 Å². The molecule has 0 bridgehead atoms. The summed E-state index contributed by atoms with van der Waals surface area (Å²) in [5, 5.41) is 0. The summed E-state index contributed by atoms with van der Waals surface area (Å²) in [6.07, 6.45) is 0. The molecule has 0 rings (SSSR count). The van der Waals surface area contributed by atoms with E-state index >= 15 is 0 Å². The molecule has 0 unspecified atom stereocenters. The molecule has 0 fully saturated rings. The summed E-state index contributed by atoms with van der Waals surface area (Å²) in [5.74, 6) is 0. The number of amides is 2. The molecule has 0 saturated carbocycles. The normalized spacial score (nSPS) is 4.80. The van der Waals surface area contributed by atoms with Crippen molar-refractivity contribution < 1.29 is 4.79 Å². The molecule has 0 aromatic carbocycles. The molecule has 0 radical (unpaired) electrons. The van der Waals surface area contributed by atoms with Gasteiger partial charge in [-0.3, -0.25) is 0 Å². The Morgan fingerprint density at radius 2 is 1.40 bits per heavy atom. The first-order valence-corrected chi connectivity index (χ1v) is 0.781. The van der Waals surface area contributed by atoms with Crippen LogP contribution in [0.4, 0.5) is 4.79 Å². The lowest BCUT2D eigenvalue weighted by atomic mass is 11.2. The third-order valence-electron chi connectivity index (χ3n) is 0. The molecule has 0 atom stereocenters. The third-order valence-corrected chi connectivity index (χ3v) is 0. The van der Waals surface area contributed by atoms with E-state index in [1.807, 2.05) is 0 Å². The minimum Gasteiger partial charge on any atom is -0.352 e. The molecular weight excluding hydrogens is 91.5 g/mol. The zero-order valence-corrected chi connectivity index (χ0v) is 3.29. The number of carbonyl (C=O) groups excluding carboxylic acids is 1. The van der Waals surface area contributed by atoms with Crippen molar-refractivity contribution in [3.05, 3.63) is 0 Å². The van der Waals surface area contributed by atoms with Crippen molar-refractivity contribution in [2.75, 3.05) is 0 Å². The molecule has 2 amide bonds. The predicted molar refractivity (Wildman–Crippen MR) is 21.0 cm³/mol. The Kier molecular flexibility index (Phi) is 6.28. The Bertz CT molecular complexity index is 32.6. The van der Waals surface area contributed by atoms with Crippen LogP contribution in [0.1, 0.15) is 0 Å². The van der Waals surface area contributed by atoms with Crippen LogP contribution in [0.2, 0.25) is 0 Å². The summed E-state index contributed by atoms with van der Waals surface area (Å²) < 4.78 is 0. The molecule has 5 heavy (non-hydrogen) atoms. The van der Waals surface area contributed by atoms with E-state index in [1.54, 1.807) is 0 Å². The third kappa shape index (κ3) is 44.8. The zero-order chi connectivity index (χ0) is 3.58. The van der Waals surface area contributed by atoms with Crippen molar-refractivity contribution in [1.29, 1.82) is 0 Å². The van der Waals surface area contributed by atoms with E-state index in [9.17, 15) is 0 Å². The Morgan fingerprint density at radius 3 is 1.40 bits per heavy atom. The van der Waals surface area contributed by atoms with Crippen LogP contribution in [0.5, 0.6) is 0 Å². The second-order valence-electron chi connectivity index (χ2n) is 0.402. The first-order valence-electron chi connectivity index (χ1n) is 0.781. The zero-order valence-electron chi connectivity index (χ0n) is 2.47. The highest BCUT2D eigenvalue weighted by atomic mass is 35.5. The van der Waals surface area contributed by atoms with Crippen LogP contribution in [-0.2, 0) is 0 Å². The number of nitrogens with two attached hydrogens (primary N) is 2. The predicted octanol–water partition coefficient (Wildman–Crippen LogP) is -0.554. The van der Waals surface area contributed by atoms with Gasteiger partial charge in [-0.15, -0.1) is 12.4 Å². The Balaban J connectivity index is 0. The number of urea groups is 1. The van der Waals surface area contributed by atoms with Crippen LogP contribution in [0.25, 0.3) is 0 Å². The largest absolute Gasteiger partial charge is 0.352 e. The fraction of sp³-hybridized carbons (Fsp3) is 0. The molecule has 3 nitrogen and oxygen atoms in total. The monoisotopic (exact) mass is 96.0 g/mol. The van der Waals surface area contributed by atoms with Gasteiger partial charge in [0, 0.05) is 0 Å². The van der Waals surface area contributed by atoms with Crippen LogP contribution in [0, 0.1) is 0 Å². The van der Waals surface area contributed by atoms with Gasteiger partial charge in [0.05, 0.1) is 0 Å². The van der Waals surface area contributed by atoms with Gasteiger partial charge in [-0.2, -0.15) is 0 Å². The summed E-state index contributed by atoms with van der Waals surface area (Å²) in [5.41, 5.74) is 8.50. The Labute approximate surface area is 35.7 Å². The fourth-order valence-corrected chi connectivity index (χ4v) is 0. The van der Waals surface area contributed by atoms with Crippen LogP contribution in [0.3, 0.4) is 0 Å². The van der Waals surface area contributed by atoms with E-state index in [1.165, 1.54) is 0 Å². The van der Waals surface area contributed by atoms with E-state index in [2.05, 4.69) is 11.5 Å². The molecule has 0 heterocycles. The van der Waals surface area contributed by atoms with Gasteiger partial charge in [0.15, 0.2) is 0 Å². The van der Waals surface area contributed by atoms with Crippen LogP contribution >= 0.6 is 12.4 Å². The average molecular weight is 96.5 g/mol. The molecule has 0 aliphatic carbocycles. The van der Waals surface area contributed by atoms with Crippen molar-refractivity contribution >= 4 is 18.4 Å². The van der Waals surface area contributed by atoms with Crippen LogP contribution < -0.4 is 11.5 Å². The molecular formula is CH5ClN2O. The molecule has 0 aromatic rings. The summed E-state index contributed by atoms with van der Waals surface area (Å²) in [7, 11) is 0. The molecule has 4 N–H and O–H groups in total. The summed E-state index contributed by atoms with van der Waals surface area (Å²) in [6.45, 7) is 0. The minimum absolute atomic E-state index is 0. The van der Waals surface area contributed by atoms with Gasteiger partial charge in [0.25, 0.3) is 0 Å². The molecule has 32 valence electrons. The molecule has 0 aromatic heterocycles. The van der Waals surface area contributed by atoms with Gasteiger partial charge >= 0.3 is 6.03 Å². The maximum absolute atomic E-state index is 9.00. The van der Waals surface area contributed by atoms with Crippen LogP contribution in [-0.4, -0.2) is 6.03 Å². The first kappa shape index (κ1) is 8.82. The summed E-state index contributed by atoms with van der Waals surface area (Å²) >= 11 is 0. The number of rotatable bonds is 0. The highest BCUT2D eigenvalue weighted by Gasteiger charge is 1.60. The SMILES string of the molecule is Cl.NC(N)=O. The van der Waals surface area contributed by atoms with Crippen molar-refractivity contribution in [1.82, 2.24) is 0 Å². The number of carbonyl (C=O) groups is 1. The Hall–Kier alpha value is -0.440. The highest BCUT2D eigenvalue weighted by Crippen LogP contribution is 1.25. The highest BCUT2D eigenvalue weighted by molar-refractivity contribution is 5.85. The first-order chi connectivity index (χ1) is 1.73. The number of primary amides is 2. The second kappa shape index (κ2) is 3.56. The molecule has 4 heteroatoms. The van der Waals surface area contributed by atoms with Crippen molar-refractivity contribution in [3.63, 3.8) is 0 Å². The van der Waals surface area contributed by atoms with Crippen molar-refractivity contribution in [3.8, 4) is 0 Å². The van der Waals surface area contributed by atoms with Crippen LogP contribution in [0.15, 0.2) is 0 Å². The summed E-state index contributed by atoms with van der Waals surface area (Å²) in [6, 6.07) is -0.833. The van der Waals surface area contributed by atoms with Gasteiger partial charge in [0.1, 0.15) is 0 Å². The topological polar surface area (TPSA) is 69.1 Å². The molecule has 0 aliphatic rings. The van der Waals surface area contributed by atoms with Gasteiger partial charge in [-0.1, -0.05) is 0 Å². The van der Waals surface area contributed by atoms with Gasteiger partial charge in [-0.25, -0.2) is 4.79 Å². The lowest BCUT2D eigenvalue weighted by Crippen LogP contribution is -2.18. The van der Waals surface area contributed by atoms with Gasteiger partial charge in [0.2, 0.25) is 0 Å². The number of hydrogen-bond donors (Lipinski definition) is 2. The van der Waals surface area contributed by atoms with E-state index in [0.29, 0.717) is 0 Å². The smallest absolute Gasteiger partial charge is 0.309 e. The molecule has 0 saturated heterocycles. The van der Waals surface area contributed by atoms with E-state index < -0.39 is 6.03 Å². The lowest BCUT2D eigenvalue weighted by molar-refractivity contribution is 0.256. The standard InChI is InChI=1S/CH4N2O.ClH/c2-1(3)4;/h(H4,2,3,4);1H. The maximum Gasteiger partial charge on any atom is 0.309 e. The molecule has 0 spiro atoms. The molecule has 0 aliphatic heterocycles. The second-order valence-corrected chi connectivity index (χ2v) is 0.402. The Morgan fingerprint density at radius 1 is 1.40 bits per heavy atom. The maximum atomic E-state index is 9.00. The quantitative estimate of drug-likeness (QED) is 0.417. The minimum atomic E-state index is -0.833. The van der Waals surface area contributed by atoms with E-state index in [4.69, 9.17) is 4.79 Å². The van der Waals surface area contributed by atoms with E-state index in [-0.39, 0.29) is 12.4 Å². The fourth-order valence-electron chi connectivity index (χ4n) is 0. The number of halogens is 1. The van der Waals surface area contributed by atoms with Crippen molar-refractivity contribution in [2.45, 2.75) is 0 Å². The number of hydrogen-bond acceptors (Lipinski definition) is 1. The van der Waals surface area contributed by atoms with E-state index in [0.717, 1.165) is 0 Å². The average Bonchev–Trinajstić information content (AvgIpc) is 0.811. The summed E-state index contributed by atoms with van der Waals surface area (Å²) in [4.78, 5) is 9.00. The van der Waals surface area contributed by atoms with Crippen molar-refractivity contribution in [2.24, 2.45) is 11.5 Å². The lowest BCUT2D eigenvalue weighted by Gasteiger charge is -1.62.